The van der Waals surface area contributed by atoms with Crippen LogP contribution in [0, 0.1) is 0 Å². The van der Waals surface area contributed by atoms with Crippen molar-refractivity contribution < 1.29 is 9.78 Å². The number of hydrogen-bond donors (Lipinski definition) is 1. The first-order chi connectivity index (χ1) is 5.33. The Kier molecular flexibility index (Phi) is 3.83. The minimum absolute atomic E-state index is 0.122. The van der Waals surface area contributed by atoms with Gasteiger partial charge in [0.05, 0.1) is 6.61 Å². The summed E-state index contributed by atoms with van der Waals surface area (Å²) >= 11 is 0. The van der Waals surface area contributed by atoms with Crippen LogP contribution in [0.4, 0.5) is 0 Å². The maximum absolute atomic E-state index is 4.96. The zero-order chi connectivity index (χ0) is 8.10. The molecule has 0 radical (unpaired) electrons. The normalized spacial score (nSPS) is 27.3. The fourth-order valence-corrected chi connectivity index (χ4v) is 1.28. The molecule has 3 heteroatoms. The molecule has 0 spiro atoms. The van der Waals surface area contributed by atoms with Crippen LogP contribution in [-0.2, 0) is 9.78 Å². The molecule has 0 aromatic rings. The molecule has 0 aromatic heterocycles. The first-order valence-electron chi connectivity index (χ1n) is 4.37. The van der Waals surface area contributed by atoms with Crippen LogP contribution in [0.5, 0.6) is 0 Å². The standard InChI is InChI=1S/C8H17NO2/c1-3-4-7(2)9-8-5-6-10-11-8/h7-9H,3-6H2,1-2H3. The lowest BCUT2D eigenvalue weighted by Gasteiger charge is -2.15. The van der Waals surface area contributed by atoms with Gasteiger partial charge in [-0.2, -0.15) is 0 Å². The molecule has 66 valence electrons. The molecule has 1 saturated heterocycles. The van der Waals surface area contributed by atoms with Crippen molar-refractivity contribution in [1.82, 2.24) is 5.32 Å². The molecule has 11 heavy (non-hydrogen) atoms. The highest BCUT2D eigenvalue weighted by molar-refractivity contribution is 4.64. The van der Waals surface area contributed by atoms with Crippen molar-refractivity contribution in [3.05, 3.63) is 0 Å². The SMILES string of the molecule is CCCC(C)NC1CCOO1. The van der Waals surface area contributed by atoms with Gasteiger partial charge in [-0.1, -0.05) is 13.3 Å². The lowest BCUT2D eigenvalue weighted by Crippen LogP contribution is -2.35. The first-order valence-corrected chi connectivity index (χ1v) is 4.37. The van der Waals surface area contributed by atoms with Crippen molar-refractivity contribution in [3.8, 4) is 0 Å². The molecule has 0 saturated carbocycles. The Morgan fingerprint density at radius 1 is 1.64 bits per heavy atom. The minimum Gasteiger partial charge on any atom is -0.287 e. The third-order valence-electron chi connectivity index (χ3n) is 1.84. The van der Waals surface area contributed by atoms with Crippen molar-refractivity contribution in [2.75, 3.05) is 6.61 Å². The maximum Gasteiger partial charge on any atom is 0.146 e. The zero-order valence-corrected chi connectivity index (χ0v) is 7.30. The molecule has 3 nitrogen and oxygen atoms in total. The Morgan fingerprint density at radius 3 is 3.00 bits per heavy atom. The average molecular weight is 159 g/mol. The van der Waals surface area contributed by atoms with Gasteiger partial charge in [-0.3, -0.25) is 5.32 Å². The van der Waals surface area contributed by atoms with Gasteiger partial charge >= 0.3 is 0 Å². The Hall–Kier alpha value is -0.120. The number of nitrogens with one attached hydrogen (secondary N) is 1. The molecule has 1 N–H and O–H groups in total. The third-order valence-corrected chi connectivity index (χ3v) is 1.84. The fourth-order valence-electron chi connectivity index (χ4n) is 1.28. The van der Waals surface area contributed by atoms with Gasteiger partial charge in [0.25, 0.3) is 0 Å². The van der Waals surface area contributed by atoms with Crippen LogP contribution in [-0.4, -0.2) is 18.9 Å². The summed E-state index contributed by atoms with van der Waals surface area (Å²) in [7, 11) is 0. The number of hydrogen-bond acceptors (Lipinski definition) is 3. The highest BCUT2D eigenvalue weighted by Gasteiger charge is 2.18. The van der Waals surface area contributed by atoms with Gasteiger partial charge in [-0.25, -0.2) is 9.78 Å². The summed E-state index contributed by atoms with van der Waals surface area (Å²) in [6.07, 6.45) is 3.49. The molecular weight excluding hydrogens is 142 g/mol. The Balaban J connectivity index is 2.08. The summed E-state index contributed by atoms with van der Waals surface area (Å²) in [5.41, 5.74) is 0. The van der Waals surface area contributed by atoms with Gasteiger partial charge in [0.15, 0.2) is 0 Å². The van der Waals surface area contributed by atoms with Gasteiger partial charge < -0.3 is 0 Å². The molecule has 0 bridgehead atoms. The smallest absolute Gasteiger partial charge is 0.146 e. The van der Waals surface area contributed by atoms with E-state index in [2.05, 4.69) is 19.2 Å². The van der Waals surface area contributed by atoms with Gasteiger partial charge in [0, 0.05) is 12.5 Å². The van der Waals surface area contributed by atoms with Crippen LogP contribution in [0.3, 0.4) is 0 Å². The van der Waals surface area contributed by atoms with Crippen LogP contribution < -0.4 is 5.32 Å². The van der Waals surface area contributed by atoms with Crippen LogP contribution in [0.25, 0.3) is 0 Å². The van der Waals surface area contributed by atoms with E-state index in [1.54, 1.807) is 0 Å². The zero-order valence-electron chi connectivity index (χ0n) is 7.30. The van der Waals surface area contributed by atoms with Crippen LogP contribution in [0.15, 0.2) is 0 Å². The van der Waals surface area contributed by atoms with Crippen molar-refractivity contribution in [2.45, 2.75) is 45.4 Å². The molecule has 1 rings (SSSR count). The van der Waals surface area contributed by atoms with Crippen LogP contribution in [0.2, 0.25) is 0 Å². The van der Waals surface area contributed by atoms with Gasteiger partial charge in [0.2, 0.25) is 0 Å². The summed E-state index contributed by atoms with van der Waals surface area (Å²) < 4.78 is 0. The van der Waals surface area contributed by atoms with Crippen molar-refractivity contribution in [3.63, 3.8) is 0 Å². The fraction of sp³-hybridized carbons (Fsp3) is 1.00. The summed E-state index contributed by atoms with van der Waals surface area (Å²) in [4.78, 5) is 9.73. The predicted molar refractivity (Wildman–Crippen MR) is 42.9 cm³/mol. The van der Waals surface area contributed by atoms with Crippen molar-refractivity contribution >= 4 is 0 Å². The quantitative estimate of drug-likeness (QED) is 0.630. The van der Waals surface area contributed by atoms with E-state index in [1.165, 1.54) is 12.8 Å². The molecular formula is C8H17NO2. The van der Waals surface area contributed by atoms with Crippen molar-refractivity contribution in [2.24, 2.45) is 0 Å². The molecule has 2 atom stereocenters. The van der Waals surface area contributed by atoms with E-state index in [-0.39, 0.29) is 6.23 Å². The highest BCUT2D eigenvalue weighted by atomic mass is 17.2. The second kappa shape index (κ2) is 4.70. The van der Waals surface area contributed by atoms with E-state index < -0.39 is 0 Å². The largest absolute Gasteiger partial charge is 0.287 e. The Bertz CT molecular complexity index is 102. The van der Waals surface area contributed by atoms with Crippen molar-refractivity contribution in [1.29, 1.82) is 0 Å². The summed E-state index contributed by atoms with van der Waals surface area (Å²) in [6, 6.07) is 0.534. The lowest BCUT2D eigenvalue weighted by atomic mass is 10.2. The molecule has 0 aliphatic carbocycles. The third kappa shape index (κ3) is 3.18. The van der Waals surface area contributed by atoms with Gasteiger partial charge in [-0.05, 0) is 13.3 Å². The van der Waals surface area contributed by atoms with E-state index in [0.717, 1.165) is 13.0 Å². The first kappa shape index (κ1) is 8.97. The van der Waals surface area contributed by atoms with Gasteiger partial charge in [-0.15, -0.1) is 0 Å². The monoisotopic (exact) mass is 159 g/mol. The van der Waals surface area contributed by atoms with E-state index in [1.807, 2.05) is 0 Å². The van der Waals surface area contributed by atoms with E-state index in [9.17, 15) is 0 Å². The molecule has 0 aromatic carbocycles. The van der Waals surface area contributed by atoms with Crippen LogP contribution >= 0.6 is 0 Å². The second-order valence-electron chi connectivity index (χ2n) is 3.05. The highest BCUT2D eigenvalue weighted by Crippen LogP contribution is 2.07. The molecule has 1 heterocycles. The molecule has 0 amide bonds. The number of rotatable bonds is 4. The van der Waals surface area contributed by atoms with Crippen LogP contribution in [0.1, 0.15) is 33.1 Å². The van der Waals surface area contributed by atoms with E-state index in [4.69, 9.17) is 9.78 Å². The summed E-state index contributed by atoms with van der Waals surface area (Å²) in [6.45, 7) is 5.08. The topological polar surface area (TPSA) is 30.5 Å². The predicted octanol–water partition coefficient (Wildman–Crippen LogP) is 1.44. The molecule has 1 fully saturated rings. The Morgan fingerprint density at radius 2 is 2.45 bits per heavy atom. The molecule has 1 aliphatic heterocycles. The van der Waals surface area contributed by atoms with E-state index in [0.29, 0.717) is 6.04 Å². The molecule has 2 unspecified atom stereocenters. The minimum atomic E-state index is 0.122. The lowest BCUT2D eigenvalue weighted by molar-refractivity contribution is -0.280. The van der Waals surface area contributed by atoms with E-state index >= 15 is 0 Å². The molecule has 1 aliphatic rings. The summed E-state index contributed by atoms with van der Waals surface area (Å²) in [5, 5.41) is 3.33. The van der Waals surface area contributed by atoms with Gasteiger partial charge in [0.1, 0.15) is 6.23 Å². The Labute approximate surface area is 68.0 Å². The maximum atomic E-state index is 4.96. The second-order valence-corrected chi connectivity index (χ2v) is 3.05. The summed E-state index contributed by atoms with van der Waals surface area (Å²) in [5.74, 6) is 0. The average Bonchev–Trinajstić information content (AvgIpc) is 2.40.